The average Bonchev–Trinajstić information content (AvgIpc) is 3.33. The molecule has 0 radical (unpaired) electrons. The third kappa shape index (κ3) is 53.3. The van der Waals surface area contributed by atoms with Gasteiger partial charge in [0.2, 0.25) is 0 Å². The van der Waals surface area contributed by atoms with Crippen LogP contribution in [-0.2, 0) is 33.3 Å². The van der Waals surface area contributed by atoms with Gasteiger partial charge in [-0.15, -0.1) is 0 Å². The van der Waals surface area contributed by atoms with Crippen molar-refractivity contribution < 1.29 is 42.9 Å². The molecule has 0 heterocycles. The number of hydrogen-bond donors (Lipinski definition) is 1. The minimum Gasteiger partial charge on any atom is -0.477 e. The minimum atomic E-state index is -1.51. The molecule has 0 fully saturated rings. The number of ether oxygens (including phenoxy) is 4. The number of esters is 2. The SMILES string of the molecule is CC/C=C\C/C=C\C/C=C\CCCCCCCC(=O)OC(COC(=O)CCCCCCCCCCCCCCCCCCCCCCCCCCCCCCCC)COC(OCC[N+](C)(C)C)C(=O)O. The highest BCUT2D eigenvalue weighted by Gasteiger charge is 2.25. The topological polar surface area (TPSA) is 108 Å². The highest BCUT2D eigenvalue weighted by Crippen LogP contribution is 2.18. The number of allylic oxidation sites excluding steroid dienone is 6. The average molecular weight is 990 g/mol. The number of hydrogen-bond acceptors (Lipinski definition) is 7. The molecule has 9 nitrogen and oxygen atoms in total. The second-order valence-electron chi connectivity index (χ2n) is 21.3. The molecule has 0 aromatic rings. The molecule has 0 aromatic heterocycles. The van der Waals surface area contributed by atoms with E-state index in [0.29, 0.717) is 23.9 Å². The van der Waals surface area contributed by atoms with E-state index in [9.17, 15) is 19.5 Å². The first-order valence-electron chi connectivity index (χ1n) is 29.7. The van der Waals surface area contributed by atoms with Gasteiger partial charge in [0.1, 0.15) is 13.2 Å². The van der Waals surface area contributed by atoms with Gasteiger partial charge in [0.25, 0.3) is 6.29 Å². The quantitative estimate of drug-likeness (QED) is 0.0211. The third-order valence-corrected chi connectivity index (χ3v) is 13.2. The van der Waals surface area contributed by atoms with E-state index >= 15 is 0 Å². The fourth-order valence-electron chi connectivity index (χ4n) is 8.62. The van der Waals surface area contributed by atoms with Gasteiger partial charge in [0, 0.05) is 12.8 Å². The molecular weight excluding hydrogens is 875 g/mol. The van der Waals surface area contributed by atoms with Crippen LogP contribution >= 0.6 is 0 Å². The Morgan fingerprint density at radius 2 is 0.814 bits per heavy atom. The lowest BCUT2D eigenvalue weighted by Gasteiger charge is -2.25. The van der Waals surface area contributed by atoms with Gasteiger partial charge < -0.3 is 28.5 Å². The summed E-state index contributed by atoms with van der Waals surface area (Å²) < 4.78 is 22.8. The van der Waals surface area contributed by atoms with Crippen LogP contribution in [0, 0.1) is 0 Å². The summed E-state index contributed by atoms with van der Waals surface area (Å²) in [7, 11) is 5.96. The molecule has 2 atom stereocenters. The van der Waals surface area contributed by atoms with E-state index < -0.39 is 24.3 Å². The summed E-state index contributed by atoms with van der Waals surface area (Å²) >= 11 is 0. The molecule has 0 bridgehead atoms. The summed E-state index contributed by atoms with van der Waals surface area (Å²) in [5.74, 6) is -2.02. The van der Waals surface area contributed by atoms with Crippen LogP contribution in [0.3, 0.4) is 0 Å². The molecule has 410 valence electrons. The molecule has 0 aromatic carbocycles. The van der Waals surface area contributed by atoms with E-state index in [1.165, 1.54) is 173 Å². The van der Waals surface area contributed by atoms with Gasteiger partial charge in [-0.2, -0.15) is 0 Å². The Bertz CT molecular complexity index is 1240. The molecule has 0 aliphatic heterocycles. The first-order chi connectivity index (χ1) is 34.1. The Morgan fingerprint density at radius 1 is 0.443 bits per heavy atom. The van der Waals surface area contributed by atoms with E-state index in [-0.39, 0.29) is 32.2 Å². The highest BCUT2D eigenvalue weighted by atomic mass is 16.7. The summed E-state index contributed by atoms with van der Waals surface area (Å²) in [6.07, 6.45) is 61.1. The number of carbonyl (C=O) groups excluding carboxylic acids is 2. The monoisotopic (exact) mass is 989 g/mol. The van der Waals surface area contributed by atoms with Crippen LogP contribution in [0.1, 0.15) is 277 Å². The number of carboxylic acid groups (broad SMARTS) is 1. The maximum atomic E-state index is 12.8. The summed E-state index contributed by atoms with van der Waals surface area (Å²) in [5.41, 5.74) is 0. The van der Waals surface area contributed by atoms with E-state index in [4.69, 9.17) is 18.9 Å². The molecule has 0 spiro atoms. The lowest BCUT2D eigenvalue weighted by molar-refractivity contribution is -0.870. The molecule has 0 saturated carbocycles. The van der Waals surface area contributed by atoms with Crippen LogP contribution in [0.4, 0.5) is 0 Å². The van der Waals surface area contributed by atoms with E-state index in [1.54, 1.807) is 0 Å². The number of carbonyl (C=O) groups is 3. The van der Waals surface area contributed by atoms with Crippen molar-refractivity contribution in [3.8, 4) is 0 Å². The first-order valence-corrected chi connectivity index (χ1v) is 29.7. The predicted octanol–water partition coefficient (Wildman–Crippen LogP) is 17.3. The Morgan fingerprint density at radius 3 is 1.21 bits per heavy atom. The van der Waals surface area contributed by atoms with Crippen molar-refractivity contribution in [3.63, 3.8) is 0 Å². The van der Waals surface area contributed by atoms with Gasteiger partial charge in [0.15, 0.2) is 6.10 Å². The van der Waals surface area contributed by atoms with E-state index in [2.05, 4.69) is 50.3 Å². The normalized spacial score (nSPS) is 13.0. The fraction of sp³-hybridized carbons (Fsp3) is 0.852. The van der Waals surface area contributed by atoms with Crippen molar-refractivity contribution in [1.29, 1.82) is 0 Å². The zero-order chi connectivity index (χ0) is 51.3. The molecule has 0 saturated heterocycles. The molecule has 9 heteroatoms. The second-order valence-corrected chi connectivity index (χ2v) is 21.3. The van der Waals surface area contributed by atoms with Gasteiger partial charge in [-0.25, -0.2) is 4.79 Å². The third-order valence-electron chi connectivity index (χ3n) is 13.2. The van der Waals surface area contributed by atoms with Crippen LogP contribution in [0.25, 0.3) is 0 Å². The maximum absolute atomic E-state index is 12.8. The number of nitrogens with zero attached hydrogens (tertiary/aromatic N) is 1. The zero-order valence-electron chi connectivity index (χ0n) is 46.7. The Labute approximate surface area is 432 Å². The first kappa shape index (κ1) is 67.5. The Kier molecular flexibility index (Phi) is 50.9. The summed E-state index contributed by atoms with van der Waals surface area (Å²) in [4.78, 5) is 37.4. The van der Waals surface area contributed by atoms with Crippen LogP contribution < -0.4 is 0 Å². The largest absolute Gasteiger partial charge is 0.477 e. The molecule has 0 aliphatic rings. The molecule has 0 rings (SSSR count). The van der Waals surface area contributed by atoms with Crippen LogP contribution in [-0.4, -0.2) is 87.4 Å². The van der Waals surface area contributed by atoms with Crippen molar-refractivity contribution in [2.75, 3.05) is 47.5 Å². The van der Waals surface area contributed by atoms with Gasteiger partial charge in [-0.3, -0.25) is 9.59 Å². The molecule has 2 unspecified atom stereocenters. The fourth-order valence-corrected chi connectivity index (χ4v) is 8.62. The molecule has 1 N–H and O–H groups in total. The minimum absolute atomic E-state index is 0.185. The molecule has 0 amide bonds. The van der Waals surface area contributed by atoms with Crippen LogP contribution in [0.15, 0.2) is 36.5 Å². The number of aliphatic carboxylic acids is 1. The Balaban J connectivity index is 4.08. The zero-order valence-corrected chi connectivity index (χ0v) is 46.7. The summed E-state index contributed by atoms with van der Waals surface area (Å²) in [6, 6.07) is 0. The lowest BCUT2D eigenvalue weighted by atomic mass is 10.0. The highest BCUT2D eigenvalue weighted by molar-refractivity contribution is 5.71. The maximum Gasteiger partial charge on any atom is 0.361 e. The van der Waals surface area contributed by atoms with Crippen molar-refractivity contribution in [2.24, 2.45) is 0 Å². The number of carboxylic acids is 1. The van der Waals surface area contributed by atoms with Crippen molar-refractivity contribution in [2.45, 2.75) is 289 Å². The second kappa shape index (κ2) is 52.8. The van der Waals surface area contributed by atoms with Crippen molar-refractivity contribution in [3.05, 3.63) is 36.5 Å². The van der Waals surface area contributed by atoms with Crippen molar-refractivity contribution >= 4 is 17.9 Å². The lowest BCUT2D eigenvalue weighted by Crippen LogP contribution is -2.40. The van der Waals surface area contributed by atoms with Gasteiger partial charge in [-0.1, -0.05) is 256 Å². The van der Waals surface area contributed by atoms with Gasteiger partial charge in [-0.05, 0) is 44.9 Å². The number of likely N-dealkylation sites (N-methyl/N-ethyl adjacent to an activating group) is 1. The van der Waals surface area contributed by atoms with Gasteiger partial charge in [0.05, 0.1) is 34.4 Å². The summed E-state index contributed by atoms with van der Waals surface area (Å²) in [5, 5.41) is 9.69. The number of unbranched alkanes of at least 4 members (excludes halogenated alkanes) is 34. The standard InChI is InChI=1S/C61H113NO8/c1-6-8-10-12-14-16-18-20-22-23-24-25-26-27-28-29-30-31-32-33-34-35-36-38-39-41-43-45-47-49-51-58(63)68-55-57(56-69-61(60(65)66)67-54-53-62(3,4)5)70-59(64)52-50-48-46-44-42-40-37-21-19-17-15-13-11-9-7-2/h9,11,15,17,21,37,57,61H,6-8,10,12-14,16,18-20,22-36,38-56H2,1-5H3/p+1/b11-9-,17-15-,37-21-. The van der Waals surface area contributed by atoms with Crippen LogP contribution in [0.2, 0.25) is 0 Å². The van der Waals surface area contributed by atoms with Gasteiger partial charge >= 0.3 is 17.9 Å². The molecular formula is C61H114NO8+. The van der Waals surface area contributed by atoms with Crippen LogP contribution in [0.5, 0.6) is 0 Å². The smallest absolute Gasteiger partial charge is 0.361 e. The predicted molar refractivity (Wildman–Crippen MR) is 295 cm³/mol. The van der Waals surface area contributed by atoms with E-state index in [0.717, 1.165) is 70.6 Å². The van der Waals surface area contributed by atoms with Crippen molar-refractivity contribution in [1.82, 2.24) is 0 Å². The molecule has 0 aliphatic carbocycles. The number of rotatable bonds is 55. The molecule has 70 heavy (non-hydrogen) atoms. The van der Waals surface area contributed by atoms with E-state index in [1.807, 2.05) is 21.1 Å². The number of quaternary nitrogens is 1. The Hall–Kier alpha value is -2.49. The summed E-state index contributed by atoms with van der Waals surface area (Å²) in [6.45, 7) is 4.78.